The zero-order valence-electron chi connectivity index (χ0n) is 21.7. The average molecular weight is 518 g/mol. The number of ether oxygens (including phenoxy) is 2. The van der Waals surface area contributed by atoms with E-state index >= 15 is 0 Å². The third-order valence-corrected chi connectivity index (χ3v) is 6.46. The summed E-state index contributed by atoms with van der Waals surface area (Å²) >= 11 is 0. The summed E-state index contributed by atoms with van der Waals surface area (Å²) in [5.41, 5.74) is 3.37. The molecule has 0 aliphatic rings. The number of benzene rings is 3. The molecule has 0 atom stereocenters. The predicted molar refractivity (Wildman–Crippen MR) is 145 cm³/mol. The van der Waals surface area contributed by atoms with Crippen LogP contribution >= 0.6 is 0 Å². The van der Waals surface area contributed by atoms with Crippen molar-refractivity contribution in [2.45, 2.75) is 13.0 Å². The van der Waals surface area contributed by atoms with E-state index in [9.17, 15) is 14.0 Å². The summed E-state index contributed by atoms with van der Waals surface area (Å²) < 4.78 is 24.0. The van der Waals surface area contributed by atoms with Crippen molar-refractivity contribution in [3.63, 3.8) is 0 Å². The number of carbonyl (C=O) groups is 2. The number of carbonyl (C=O) groups excluding carboxylic acids is 2. The van der Waals surface area contributed by atoms with Crippen molar-refractivity contribution >= 4 is 22.7 Å². The Kier molecular flexibility index (Phi) is 9.11. The molecule has 0 spiro atoms. The zero-order chi connectivity index (χ0) is 26.9. The number of H-pyrrole nitrogens is 1. The summed E-state index contributed by atoms with van der Waals surface area (Å²) in [6.07, 6.45) is 2.58. The normalized spacial score (nSPS) is 10.9. The number of nitrogens with one attached hydrogen (secondary N) is 1. The molecule has 198 valence electrons. The number of aromatic amines is 1. The Morgan fingerprint density at radius 3 is 2.47 bits per heavy atom. The molecule has 0 bridgehead atoms. The van der Waals surface area contributed by atoms with E-state index in [0.29, 0.717) is 30.8 Å². The summed E-state index contributed by atoms with van der Waals surface area (Å²) in [5, 5.41) is 1.11. The molecule has 4 aromatic rings. The Bertz CT molecular complexity index is 1370. The van der Waals surface area contributed by atoms with Gasteiger partial charge >= 0.3 is 0 Å². The number of hydrogen-bond acceptors (Lipinski definition) is 4. The molecule has 1 aromatic heterocycles. The quantitative estimate of drug-likeness (QED) is 0.296. The molecule has 4 rings (SSSR count). The highest BCUT2D eigenvalue weighted by atomic mass is 19.1. The van der Waals surface area contributed by atoms with E-state index in [2.05, 4.69) is 4.98 Å². The van der Waals surface area contributed by atoms with Crippen LogP contribution in [0.5, 0.6) is 5.75 Å². The average Bonchev–Trinajstić information content (AvgIpc) is 3.37. The number of hydrogen-bond donors (Lipinski definition) is 1. The zero-order valence-corrected chi connectivity index (χ0v) is 21.7. The number of amides is 2. The van der Waals surface area contributed by atoms with Crippen LogP contribution in [0.15, 0.2) is 79.0 Å². The Labute approximate surface area is 221 Å². The van der Waals surface area contributed by atoms with Crippen molar-refractivity contribution in [3.05, 3.63) is 102 Å². The number of fused-ring (bicyclic) bond motifs is 1. The lowest BCUT2D eigenvalue weighted by atomic mass is 10.1. The van der Waals surface area contributed by atoms with Gasteiger partial charge in [0.25, 0.3) is 5.91 Å². The van der Waals surface area contributed by atoms with Crippen LogP contribution in [0.2, 0.25) is 0 Å². The van der Waals surface area contributed by atoms with Gasteiger partial charge in [-0.3, -0.25) is 9.59 Å². The molecule has 0 fully saturated rings. The summed E-state index contributed by atoms with van der Waals surface area (Å²) in [4.78, 5) is 33.5. The molecule has 0 unspecified atom stereocenters. The van der Waals surface area contributed by atoms with Crippen molar-refractivity contribution in [1.82, 2.24) is 14.8 Å². The van der Waals surface area contributed by atoms with Crippen molar-refractivity contribution in [3.8, 4) is 5.75 Å². The molecule has 0 saturated carbocycles. The standard InChI is InChI=1S/C30H32FN3O4/c1-37-17-16-34(30(36)23-6-5-7-26(18-23)38-2)21-29(35)33(20-22-10-12-25(31)13-11-22)15-14-24-19-32-28-9-4-3-8-27(24)28/h3-13,18-19,32H,14-17,20-21H2,1-2H3. The fourth-order valence-electron chi connectivity index (χ4n) is 4.35. The summed E-state index contributed by atoms with van der Waals surface area (Å²) in [5.74, 6) is -0.264. The molecular weight excluding hydrogens is 485 g/mol. The van der Waals surface area contributed by atoms with E-state index < -0.39 is 0 Å². The Morgan fingerprint density at radius 2 is 1.71 bits per heavy atom. The molecule has 0 saturated heterocycles. The first kappa shape index (κ1) is 26.9. The minimum absolute atomic E-state index is 0.117. The van der Waals surface area contributed by atoms with Crippen molar-refractivity contribution in [2.75, 3.05) is 40.5 Å². The van der Waals surface area contributed by atoms with Crippen LogP contribution in [-0.4, -0.2) is 67.1 Å². The van der Waals surface area contributed by atoms with Crippen LogP contribution < -0.4 is 4.74 Å². The molecule has 0 aliphatic heterocycles. The Hall–Kier alpha value is -4.17. The van der Waals surface area contributed by atoms with Gasteiger partial charge in [0.2, 0.25) is 5.91 Å². The van der Waals surface area contributed by atoms with Gasteiger partial charge in [0.1, 0.15) is 18.1 Å². The van der Waals surface area contributed by atoms with E-state index in [1.807, 2.05) is 30.5 Å². The van der Waals surface area contributed by atoms with Gasteiger partial charge in [-0.2, -0.15) is 0 Å². The van der Waals surface area contributed by atoms with Crippen LogP contribution in [0.25, 0.3) is 10.9 Å². The molecule has 1 N–H and O–H groups in total. The minimum Gasteiger partial charge on any atom is -0.497 e. The smallest absolute Gasteiger partial charge is 0.254 e. The molecule has 8 heteroatoms. The lowest BCUT2D eigenvalue weighted by Crippen LogP contribution is -2.44. The molecular formula is C30H32FN3O4. The van der Waals surface area contributed by atoms with Gasteiger partial charge in [-0.1, -0.05) is 36.4 Å². The second-order valence-electron chi connectivity index (χ2n) is 9.00. The number of aromatic nitrogens is 1. The van der Waals surface area contributed by atoms with E-state index in [4.69, 9.17) is 9.47 Å². The maximum absolute atomic E-state index is 13.7. The number of methoxy groups -OCH3 is 2. The van der Waals surface area contributed by atoms with Crippen molar-refractivity contribution < 1.29 is 23.5 Å². The largest absolute Gasteiger partial charge is 0.497 e. The second kappa shape index (κ2) is 12.9. The number of nitrogens with zero attached hydrogens (tertiary/aromatic N) is 2. The number of rotatable bonds is 12. The molecule has 38 heavy (non-hydrogen) atoms. The topological polar surface area (TPSA) is 74.9 Å². The van der Waals surface area contributed by atoms with Crippen LogP contribution in [-0.2, 0) is 22.5 Å². The van der Waals surface area contributed by atoms with Gasteiger partial charge < -0.3 is 24.3 Å². The van der Waals surface area contributed by atoms with Gasteiger partial charge in [0.05, 0.1) is 13.7 Å². The van der Waals surface area contributed by atoms with E-state index in [0.717, 1.165) is 22.0 Å². The first-order chi connectivity index (χ1) is 18.5. The third-order valence-electron chi connectivity index (χ3n) is 6.46. The molecule has 1 heterocycles. The maximum Gasteiger partial charge on any atom is 0.254 e. The van der Waals surface area contributed by atoms with Gasteiger partial charge in [0.15, 0.2) is 0 Å². The Balaban J connectivity index is 1.54. The van der Waals surface area contributed by atoms with Gasteiger partial charge in [-0.15, -0.1) is 0 Å². The van der Waals surface area contributed by atoms with Crippen LogP contribution in [0.3, 0.4) is 0 Å². The summed E-state index contributed by atoms with van der Waals surface area (Å²) in [7, 11) is 3.09. The lowest BCUT2D eigenvalue weighted by molar-refractivity contribution is -0.132. The summed E-state index contributed by atoms with van der Waals surface area (Å²) in [6.45, 7) is 1.16. The van der Waals surface area contributed by atoms with Crippen LogP contribution in [0.1, 0.15) is 21.5 Å². The third kappa shape index (κ3) is 6.77. The predicted octanol–water partition coefficient (Wildman–Crippen LogP) is 4.68. The summed E-state index contributed by atoms with van der Waals surface area (Å²) in [6, 6.07) is 21.0. The SMILES string of the molecule is COCCN(CC(=O)N(CCc1c[nH]c2ccccc12)Cc1ccc(F)cc1)C(=O)c1cccc(OC)c1. The maximum atomic E-state index is 13.7. The highest BCUT2D eigenvalue weighted by Gasteiger charge is 2.23. The molecule has 0 radical (unpaired) electrons. The molecule has 2 amide bonds. The van der Waals surface area contributed by atoms with E-state index in [1.54, 1.807) is 48.4 Å². The lowest BCUT2D eigenvalue weighted by Gasteiger charge is -2.28. The van der Waals surface area contributed by atoms with Crippen molar-refractivity contribution in [1.29, 1.82) is 0 Å². The van der Waals surface area contributed by atoms with Gasteiger partial charge in [0, 0.05) is 49.4 Å². The molecule has 7 nitrogen and oxygen atoms in total. The fourth-order valence-corrected chi connectivity index (χ4v) is 4.35. The first-order valence-corrected chi connectivity index (χ1v) is 12.5. The van der Waals surface area contributed by atoms with Crippen LogP contribution in [0.4, 0.5) is 4.39 Å². The highest BCUT2D eigenvalue weighted by molar-refractivity contribution is 5.97. The van der Waals surface area contributed by atoms with Gasteiger partial charge in [-0.25, -0.2) is 4.39 Å². The van der Waals surface area contributed by atoms with Crippen LogP contribution in [0, 0.1) is 5.82 Å². The van der Waals surface area contributed by atoms with E-state index in [-0.39, 0.29) is 37.3 Å². The van der Waals surface area contributed by atoms with Crippen molar-refractivity contribution in [2.24, 2.45) is 0 Å². The number of halogens is 1. The minimum atomic E-state index is -0.333. The first-order valence-electron chi connectivity index (χ1n) is 12.5. The second-order valence-corrected chi connectivity index (χ2v) is 9.00. The fraction of sp³-hybridized carbons (Fsp3) is 0.267. The Morgan fingerprint density at radius 1 is 0.921 bits per heavy atom. The molecule has 3 aromatic carbocycles. The number of para-hydroxylation sites is 1. The monoisotopic (exact) mass is 517 g/mol. The van der Waals surface area contributed by atoms with Gasteiger partial charge in [-0.05, 0) is 53.9 Å². The highest BCUT2D eigenvalue weighted by Crippen LogP contribution is 2.19. The van der Waals surface area contributed by atoms with E-state index in [1.165, 1.54) is 24.1 Å². The molecule has 0 aliphatic carbocycles.